The van der Waals surface area contributed by atoms with Gasteiger partial charge in [-0.1, -0.05) is 6.92 Å². The Bertz CT molecular complexity index is 238. The molecule has 0 bridgehead atoms. The number of nitrogens with two attached hydrogens (primary N) is 1. The van der Waals surface area contributed by atoms with Crippen LogP contribution in [-0.2, 0) is 4.79 Å². The molecule has 0 spiro atoms. The first-order valence-corrected chi connectivity index (χ1v) is 5.91. The average Bonchev–Trinajstić information content (AvgIpc) is 2.15. The SMILES string of the molecule is CC1CCCN(C(=O)CN2CC(N)C2)C1. The molecule has 2 aliphatic rings. The van der Waals surface area contributed by atoms with E-state index in [-0.39, 0.29) is 11.9 Å². The minimum absolute atomic E-state index is 0.286. The van der Waals surface area contributed by atoms with Crippen LogP contribution in [0.3, 0.4) is 0 Å². The second-order valence-corrected chi connectivity index (χ2v) is 5.04. The van der Waals surface area contributed by atoms with Gasteiger partial charge in [-0.15, -0.1) is 0 Å². The van der Waals surface area contributed by atoms with Gasteiger partial charge in [-0.3, -0.25) is 9.69 Å². The molecule has 0 radical (unpaired) electrons. The lowest BCUT2D eigenvalue weighted by Gasteiger charge is -2.38. The largest absolute Gasteiger partial charge is 0.341 e. The highest BCUT2D eigenvalue weighted by atomic mass is 16.2. The fraction of sp³-hybridized carbons (Fsp3) is 0.909. The Morgan fingerprint density at radius 2 is 2.13 bits per heavy atom. The predicted octanol–water partition coefficient (Wildman–Crippen LogP) is -0.112. The van der Waals surface area contributed by atoms with Gasteiger partial charge in [0.15, 0.2) is 0 Å². The number of carbonyl (C=O) groups is 1. The number of hydrogen-bond donors (Lipinski definition) is 1. The van der Waals surface area contributed by atoms with E-state index in [0.717, 1.165) is 32.6 Å². The van der Waals surface area contributed by atoms with Crippen LogP contribution in [0.1, 0.15) is 19.8 Å². The zero-order valence-corrected chi connectivity index (χ0v) is 9.48. The third-order valence-electron chi connectivity index (χ3n) is 3.35. The van der Waals surface area contributed by atoms with Crippen LogP contribution in [0.5, 0.6) is 0 Å². The van der Waals surface area contributed by atoms with Crippen molar-refractivity contribution in [1.82, 2.24) is 9.80 Å². The summed E-state index contributed by atoms with van der Waals surface area (Å²) in [7, 11) is 0. The summed E-state index contributed by atoms with van der Waals surface area (Å²) in [5, 5.41) is 0. The topological polar surface area (TPSA) is 49.6 Å². The highest BCUT2D eigenvalue weighted by Gasteiger charge is 2.28. The summed E-state index contributed by atoms with van der Waals surface area (Å²) < 4.78 is 0. The zero-order chi connectivity index (χ0) is 10.8. The molecule has 2 saturated heterocycles. The minimum Gasteiger partial charge on any atom is -0.341 e. The molecular weight excluding hydrogens is 190 g/mol. The van der Waals surface area contributed by atoms with Gasteiger partial charge in [0.2, 0.25) is 5.91 Å². The summed E-state index contributed by atoms with van der Waals surface area (Å²) in [5.74, 6) is 0.954. The minimum atomic E-state index is 0.286. The highest BCUT2D eigenvalue weighted by Crippen LogP contribution is 2.16. The highest BCUT2D eigenvalue weighted by molar-refractivity contribution is 5.78. The molecular formula is C11H21N3O. The summed E-state index contributed by atoms with van der Waals surface area (Å²) >= 11 is 0. The van der Waals surface area contributed by atoms with Gasteiger partial charge in [0, 0.05) is 32.2 Å². The van der Waals surface area contributed by atoms with E-state index in [2.05, 4.69) is 11.8 Å². The lowest BCUT2D eigenvalue weighted by atomic mass is 10.00. The Balaban J connectivity index is 1.75. The standard InChI is InChI=1S/C11H21N3O/c1-9-3-2-4-14(5-9)11(15)8-13-6-10(12)7-13/h9-10H,2-8,12H2,1H3. The van der Waals surface area contributed by atoms with E-state index in [4.69, 9.17) is 5.73 Å². The Morgan fingerprint density at radius 1 is 1.40 bits per heavy atom. The summed E-state index contributed by atoms with van der Waals surface area (Å²) in [4.78, 5) is 16.0. The summed E-state index contributed by atoms with van der Waals surface area (Å²) in [5.41, 5.74) is 5.68. The molecule has 4 nitrogen and oxygen atoms in total. The molecule has 0 aromatic heterocycles. The molecule has 0 aromatic rings. The van der Waals surface area contributed by atoms with Crippen molar-refractivity contribution in [1.29, 1.82) is 0 Å². The zero-order valence-electron chi connectivity index (χ0n) is 9.48. The fourth-order valence-corrected chi connectivity index (χ4v) is 2.45. The summed E-state index contributed by atoms with van der Waals surface area (Å²) in [6, 6.07) is 0.290. The molecule has 2 heterocycles. The van der Waals surface area contributed by atoms with Gasteiger partial charge in [-0.05, 0) is 18.8 Å². The van der Waals surface area contributed by atoms with E-state index in [1.807, 2.05) is 4.90 Å². The summed E-state index contributed by atoms with van der Waals surface area (Å²) in [6.45, 7) is 6.45. The van der Waals surface area contributed by atoms with Gasteiger partial charge < -0.3 is 10.6 Å². The van der Waals surface area contributed by atoms with E-state index in [9.17, 15) is 4.79 Å². The summed E-state index contributed by atoms with van der Waals surface area (Å²) in [6.07, 6.45) is 2.42. The number of hydrogen-bond acceptors (Lipinski definition) is 3. The van der Waals surface area contributed by atoms with Crippen molar-refractivity contribution in [3.63, 3.8) is 0 Å². The van der Waals surface area contributed by atoms with Crippen molar-refractivity contribution >= 4 is 5.91 Å². The second-order valence-electron chi connectivity index (χ2n) is 5.04. The van der Waals surface area contributed by atoms with E-state index >= 15 is 0 Å². The molecule has 2 N–H and O–H groups in total. The normalized spacial score (nSPS) is 28.9. The van der Waals surface area contributed by atoms with Crippen molar-refractivity contribution in [3.8, 4) is 0 Å². The molecule has 2 fully saturated rings. The van der Waals surface area contributed by atoms with Crippen molar-refractivity contribution in [2.75, 3.05) is 32.7 Å². The van der Waals surface area contributed by atoms with Crippen LogP contribution >= 0.6 is 0 Å². The van der Waals surface area contributed by atoms with Gasteiger partial charge in [0.25, 0.3) is 0 Å². The van der Waals surface area contributed by atoms with Gasteiger partial charge >= 0.3 is 0 Å². The molecule has 1 atom stereocenters. The van der Waals surface area contributed by atoms with Gasteiger partial charge in [-0.25, -0.2) is 0 Å². The molecule has 1 unspecified atom stereocenters. The quantitative estimate of drug-likeness (QED) is 0.693. The number of nitrogens with zero attached hydrogens (tertiary/aromatic N) is 2. The lowest BCUT2D eigenvalue weighted by molar-refractivity contribution is -0.135. The van der Waals surface area contributed by atoms with Crippen molar-refractivity contribution in [2.45, 2.75) is 25.8 Å². The van der Waals surface area contributed by atoms with Crippen LogP contribution in [-0.4, -0.2) is 54.5 Å². The lowest BCUT2D eigenvalue weighted by Crippen LogP contribution is -2.58. The van der Waals surface area contributed by atoms with Crippen molar-refractivity contribution < 1.29 is 4.79 Å². The van der Waals surface area contributed by atoms with Gasteiger partial charge in [-0.2, -0.15) is 0 Å². The maximum absolute atomic E-state index is 11.9. The Morgan fingerprint density at radius 3 is 2.73 bits per heavy atom. The average molecular weight is 211 g/mol. The maximum atomic E-state index is 11.9. The first-order valence-electron chi connectivity index (χ1n) is 5.91. The number of piperidine rings is 1. The number of carbonyl (C=O) groups excluding carboxylic acids is 1. The second kappa shape index (κ2) is 4.49. The van der Waals surface area contributed by atoms with E-state index < -0.39 is 0 Å². The molecule has 1 amide bonds. The van der Waals surface area contributed by atoms with Crippen LogP contribution in [0.2, 0.25) is 0 Å². The first-order chi connectivity index (χ1) is 7.15. The first kappa shape index (κ1) is 10.9. The smallest absolute Gasteiger partial charge is 0.236 e. The molecule has 0 aromatic carbocycles. The van der Waals surface area contributed by atoms with Crippen LogP contribution in [0.4, 0.5) is 0 Å². The third kappa shape index (κ3) is 2.69. The molecule has 0 saturated carbocycles. The van der Waals surface area contributed by atoms with E-state index in [1.54, 1.807) is 0 Å². The number of rotatable bonds is 2. The Kier molecular flexibility index (Phi) is 3.26. The predicted molar refractivity (Wildman–Crippen MR) is 59.4 cm³/mol. The van der Waals surface area contributed by atoms with Gasteiger partial charge in [0.05, 0.1) is 6.54 Å². The molecule has 0 aliphatic carbocycles. The fourth-order valence-electron chi connectivity index (χ4n) is 2.45. The third-order valence-corrected chi connectivity index (χ3v) is 3.35. The molecule has 15 heavy (non-hydrogen) atoms. The monoisotopic (exact) mass is 211 g/mol. The van der Waals surface area contributed by atoms with Crippen LogP contribution in [0.25, 0.3) is 0 Å². The molecule has 4 heteroatoms. The Labute approximate surface area is 91.4 Å². The van der Waals surface area contributed by atoms with Crippen molar-refractivity contribution in [3.05, 3.63) is 0 Å². The molecule has 86 valence electrons. The maximum Gasteiger partial charge on any atom is 0.236 e. The van der Waals surface area contributed by atoms with Crippen molar-refractivity contribution in [2.24, 2.45) is 11.7 Å². The van der Waals surface area contributed by atoms with E-state index in [0.29, 0.717) is 12.5 Å². The van der Waals surface area contributed by atoms with Gasteiger partial charge in [0.1, 0.15) is 0 Å². The van der Waals surface area contributed by atoms with E-state index in [1.165, 1.54) is 6.42 Å². The van der Waals surface area contributed by atoms with Crippen LogP contribution in [0, 0.1) is 5.92 Å². The number of amides is 1. The molecule has 2 aliphatic heterocycles. The van der Waals surface area contributed by atoms with Crippen LogP contribution < -0.4 is 5.73 Å². The Hall–Kier alpha value is -0.610. The molecule has 2 rings (SSSR count). The van der Waals surface area contributed by atoms with Crippen LogP contribution in [0.15, 0.2) is 0 Å². The number of likely N-dealkylation sites (tertiary alicyclic amines) is 2.